The van der Waals surface area contributed by atoms with Crippen LogP contribution in [0.3, 0.4) is 0 Å². The number of aliphatic hydroxyl groups excluding tert-OH is 1. The van der Waals surface area contributed by atoms with E-state index in [2.05, 4.69) is 5.16 Å². The van der Waals surface area contributed by atoms with Crippen LogP contribution in [0.25, 0.3) is 0 Å². The molecule has 96 valence electrons. The molecule has 1 N–H and O–H groups in total. The van der Waals surface area contributed by atoms with Crippen LogP contribution < -0.4 is 0 Å². The zero-order valence-electron chi connectivity index (χ0n) is 10.3. The van der Waals surface area contributed by atoms with Gasteiger partial charge in [0.05, 0.1) is 11.5 Å². The fourth-order valence-electron chi connectivity index (χ4n) is 2.99. The lowest BCUT2D eigenvalue weighted by Gasteiger charge is -2.38. The highest BCUT2D eigenvalue weighted by Crippen LogP contribution is 2.46. The van der Waals surface area contributed by atoms with Crippen LogP contribution in [-0.2, 0) is 4.84 Å². The van der Waals surface area contributed by atoms with Crippen LogP contribution >= 0.6 is 11.6 Å². The van der Waals surface area contributed by atoms with Crippen molar-refractivity contribution >= 4 is 17.3 Å². The van der Waals surface area contributed by atoms with Crippen LogP contribution in [-0.4, -0.2) is 23.0 Å². The molecule has 1 aromatic rings. The SMILES string of the molecule is C[C@@]12C(c3ccccc3Cl)=NO[C@@H]1CCC[C@@H]2O. The molecule has 1 heterocycles. The Labute approximate surface area is 111 Å². The largest absolute Gasteiger partial charge is 0.392 e. The lowest BCUT2D eigenvalue weighted by Crippen LogP contribution is -2.49. The minimum atomic E-state index is -0.441. The predicted molar refractivity (Wildman–Crippen MR) is 70.8 cm³/mol. The van der Waals surface area contributed by atoms with Crippen LogP contribution in [0.1, 0.15) is 31.7 Å². The number of fused-ring (bicyclic) bond motifs is 1. The third-order valence-corrected chi connectivity index (χ3v) is 4.54. The van der Waals surface area contributed by atoms with Gasteiger partial charge in [-0.3, -0.25) is 0 Å². The van der Waals surface area contributed by atoms with Gasteiger partial charge in [0.2, 0.25) is 0 Å². The van der Waals surface area contributed by atoms with Crippen molar-refractivity contribution in [1.29, 1.82) is 0 Å². The highest BCUT2D eigenvalue weighted by molar-refractivity contribution is 6.34. The highest BCUT2D eigenvalue weighted by Gasteiger charge is 2.53. The summed E-state index contributed by atoms with van der Waals surface area (Å²) < 4.78 is 0. The summed E-state index contributed by atoms with van der Waals surface area (Å²) in [4.78, 5) is 5.52. The van der Waals surface area contributed by atoms with E-state index in [4.69, 9.17) is 16.4 Å². The van der Waals surface area contributed by atoms with Crippen molar-refractivity contribution in [2.45, 2.75) is 38.4 Å². The number of hydrogen-bond donors (Lipinski definition) is 1. The van der Waals surface area contributed by atoms with Gasteiger partial charge in [-0.05, 0) is 32.3 Å². The van der Waals surface area contributed by atoms with E-state index < -0.39 is 11.5 Å². The maximum atomic E-state index is 10.4. The summed E-state index contributed by atoms with van der Waals surface area (Å²) in [6.45, 7) is 2.02. The summed E-state index contributed by atoms with van der Waals surface area (Å²) in [5.74, 6) is 0. The molecule has 3 rings (SSSR count). The van der Waals surface area contributed by atoms with Gasteiger partial charge < -0.3 is 9.94 Å². The molecule has 3 atom stereocenters. The monoisotopic (exact) mass is 265 g/mol. The number of halogens is 1. The second-order valence-electron chi connectivity index (χ2n) is 5.24. The molecular weight excluding hydrogens is 250 g/mol. The first-order chi connectivity index (χ1) is 8.64. The van der Waals surface area contributed by atoms with Crippen molar-refractivity contribution in [2.75, 3.05) is 0 Å². The Morgan fingerprint density at radius 1 is 1.39 bits per heavy atom. The summed E-state index contributed by atoms with van der Waals surface area (Å²) in [5.41, 5.74) is 1.21. The first-order valence-corrected chi connectivity index (χ1v) is 6.69. The number of hydrogen-bond acceptors (Lipinski definition) is 3. The summed E-state index contributed by atoms with van der Waals surface area (Å²) in [7, 11) is 0. The number of aliphatic hydroxyl groups is 1. The van der Waals surface area contributed by atoms with E-state index in [1.165, 1.54) is 0 Å². The van der Waals surface area contributed by atoms with E-state index in [-0.39, 0.29) is 6.10 Å². The Morgan fingerprint density at radius 3 is 2.94 bits per heavy atom. The van der Waals surface area contributed by atoms with Crippen LogP contribution in [0.2, 0.25) is 5.02 Å². The van der Waals surface area contributed by atoms with Gasteiger partial charge in [-0.1, -0.05) is 35.0 Å². The highest BCUT2D eigenvalue weighted by atomic mass is 35.5. The lowest BCUT2D eigenvalue weighted by atomic mass is 9.67. The second-order valence-corrected chi connectivity index (χ2v) is 5.65. The molecule has 4 heteroatoms. The van der Waals surface area contributed by atoms with Crippen molar-refractivity contribution < 1.29 is 9.94 Å². The summed E-state index contributed by atoms with van der Waals surface area (Å²) in [5, 5.41) is 15.2. The molecule has 0 saturated heterocycles. The first kappa shape index (κ1) is 12.0. The average Bonchev–Trinajstić information content (AvgIpc) is 2.70. The molecule has 1 aliphatic carbocycles. The topological polar surface area (TPSA) is 41.8 Å². The van der Waals surface area contributed by atoms with Crippen molar-refractivity contribution in [3.05, 3.63) is 34.9 Å². The van der Waals surface area contributed by atoms with Crippen LogP contribution in [0.5, 0.6) is 0 Å². The standard InChI is InChI=1S/C14H16ClNO2/c1-14-11(17)7-4-8-12(14)18-16-13(14)9-5-2-3-6-10(9)15/h2-3,5-6,11-12,17H,4,7-8H2,1H3/t11-,12+,14-/m0/s1. The first-order valence-electron chi connectivity index (χ1n) is 6.31. The van der Waals surface area contributed by atoms with Gasteiger partial charge in [0.25, 0.3) is 0 Å². The maximum Gasteiger partial charge on any atom is 0.141 e. The van der Waals surface area contributed by atoms with Gasteiger partial charge in [-0.25, -0.2) is 0 Å². The molecule has 1 aliphatic heterocycles. The van der Waals surface area contributed by atoms with Crippen molar-refractivity contribution in [3.63, 3.8) is 0 Å². The molecule has 1 fully saturated rings. The zero-order valence-corrected chi connectivity index (χ0v) is 11.0. The molecule has 18 heavy (non-hydrogen) atoms. The molecule has 0 radical (unpaired) electrons. The Balaban J connectivity index is 2.06. The van der Waals surface area contributed by atoms with Crippen LogP contribution in [0, 0.1) is 5.41 Å². The van der Waals surface area contributed by atoms with Gasteiger partial charge >= 0.3 is 0 Å². The van der Waals surface area contributed by atoms with E-state index in [0.29, 0.717) is 5.02 Å². The average molecular weight is 266 g/mol. The Kier molecular flexibility index (Phi) is 2.83. The molecule has 0 amide bonds. The molecular formula is C14H16ClNO2. The molecule has 0 aromatic heterocycles. The van der Waals surface area contributed by atoms with Gasteiger partial charge in [0.15, 0.2) is 0 Å². The van der Waals surface area contributed by atoms with E-state index in [9.17, 15) is 5.11 Å². The Bertz CT molecular complexity index is 502. The quantitative estimate of drug-likeness (QED) is 0.848. The smallest absolute Gasteiger partial charge is 0.141 e. The minimum absolute atomic E-state index is 0.0347. The predicted octanol–water partition coefficient (Wildman–Crippen LogP) is 2.99. The van der Waals surface area contributed by atoms with Crippen LogP contribution in [0.15, 0.2) is 29.4 Å². The second kappa shape index (κ2) is 4.25. The molecule has 0 spiro atoms. The van der Waals surface area contributed by atoms with Crippen molar-refractivity contribution in [2.24, 2.45) is 10.6 Å². The van der Waals surface area contributed by atoms with Crippen molar-refractivity contribution in [3.8, 4) is 0 Å². The fraction of sp³-hybridized carbons (Fsp3) is 0.500. The zero-order chi connectivity index (χ0) is 12.8. The fourth-order valence-corrected chi connectivity index (χ4v) is 3.22. The summed E-state index contributed by atoms with van der Waals surface area (Å²) >= 11 is 6.23. The Morgan fingerprint density at radius 2 is 2.17 bits per heavy atom. The molecule has 2 aliphatic rings. The molecule has 1 saturated carbocycles. The van der Waals surface area contributed by atoms with Gasteiger partial charge in [-0.15, -0.1) is 0 Å². The summed E-state index contributed by atoms with van der Waals surface area (Å²) in [6.07, 6.45) is 2.25. The summed E-state index contributed by atoms with van der Waals surface area (Å²) in [6, 6.07) is 7.58. The third-order valence-electron chi connectivity index (χ3n) is 4.22. The van der Waals surface area contributed by atoms with Gasteiger partial charge in [0.1, 0.15) is 11.8 Å². The molecule has 0 unspecified atom stereocenters. The normalized spacial score (nSPS) is 34.7. The van der Waals surface area contributed by atoms with Crippen molar-refractivity contribution in [1.82, 2.24) is 0 Å². The third kappa shape index (κ3) is 1.57. The van der Waals surface area contributed by atoms with E-state index in [1.54, 1.807) is 0 Å². The molecule has 3 nitrogen and oxygen atoms in total. The van der Waals surface area contributed by atoms with Gasteiger partial charge in [-0.2, -0.15) is 0 Å². The number of nitrogens with zero attached hydrogens (tertiary/aromatic N) is 1. The molecule has 1 aromatic carbocycles. The van der Waals surface area contributed by atoms with E-state index in [1.807, 2.05) is 31.2 Å². The molecule has 0 bridgehead atoms. The number of oxime groups is 1. The van der Waals surface area contributed by atoms with E-state index >= 15 is 0 Å². The number of benzene rings is 1. The lowest BCUT2D eigenvalue weighted by molar-refractivity contribution is -0.0605. The van der Waals surface area contributed by atoms with Crippen LogP contribution in [0.4, 0.5) is 0 Å². The maximum absolute atomic E-state index is 10.4. The minimum Gasteiger partial charge on any atom is -0.392 e. The Hall–Kier alpha value is -1.06. The van der Waals surface area contributed by atoms with E-state index in [0.717, 1.165) is 30.5 Å². The van der Waals surface area contributed by atoms with Gasteiger partial charge in [0, 0.05) is 10.6 Å². The number of rotatable bonds is 1.